The molecule has 0 radical (unpaired) electrons. The van der Waals surface area contributed by atoms with Crippen LogP contribution in [0.5, 0.6) is 5.75 Å². The van der Waals surface area contributed by atoms with Crippen molar-refractivity contribution in [2.45, 2.75) is 78.4 Å². The Morgan fingerprint density at radius 3 is 2.03 bits per heavy atom. The maximum absolute atomic E-state index is 12.3. The minimum absolute atomic E-state index is 0.00643. The van der Waals surface area contributed by atoms with E-state index in [2.05, 4.69) is 0 Å². The van der Waals surface area contributed by atoms with Crippen LogP contribution >= 0.6 is 0 Å². The van der Waals surface area contributed by atoms with Crippen LogP contribution in [0.15, 0.2) is 26.5 Å². The van der Waals surface area contributed by atoms with E-state index in [1.54, 1.807) is 13.0 Å². The van der Waals surface area contributed by atoms with E-state index in [9.17, 15) is 24.3 Å². The van der Waals surface area contributed by atoms with Crippen molar-refractivity contribution in [3.63, 3.8) is 0 Å². The quantitative estimate of drug-likeness (QED) is 0.619. The SMILES string of the molecule is CCC(=O)OC(Cc1cc(C(C)(C)C)cc(C(C)(C)C)c1O)n1c(=O)[nH]c(=O)[nH]c1=O. The fraction of sp³-hybridized carbons (Fsp3) is 0.545. The van der Waals surface area contributed by atoms with Gasteiger partial charge in [0.1, 0.15) is 5.75 Å². The largest absolute Gasteiger partial charge is 0.507 e. The van der Waals surface area contributed by atoms with Crippen molar-refractivity contribution >= 4 is 5.97 Å². The van der Waals surface area contributed by atoms with Gasteiger partial charge in [-0.05, 0) is 22.0 Å². The minimum Gasteiger partial charge on any atom is -0.507 e. The second-order valence-electron chi connectivity index (χ2n) is 9.59. The fourth-order valence-electron chi connectivity index (χ4n) is 3.16. The molecule has 2 aromatic rings. The first-order chi connectivity index (χ1) is 14.1. The smallest absolute Gasteiger partial charge is 0.336 e. The molecule has 0 fully saturated rings. The number of nitrogens with one attached hydrogen (secondary N) is 2. The number of ether oxygens (including phenoxy) is 1. The molecule has 9 heteroatoms. The number of hydrogen-bond donors (Lipinski definition) is 3. The Bertz CT molecular complexity index is 1110. The highest BCUT2D eigenvalue weighted by molar-refractivity contribution is 5.69. The highest BCUT2D eigenvalue weighted by atomic mass is 16.6. The molecular formula is C22H31N3O6. The molecule has 170 valence electrons. The lowest BCUT2D eigenvalue weighted by atomic mass is 9.78. The second-order valence-corrected chi connectivity index (χ2v) is 9.59. The summed E-state index contributed by atoms with van der Waals surface area (Å²) in [5.74, 6) is -0.628. The molecule has 3 N–H and O–H groups in total. The molecule has 0 spiro atoms. The maximum atomic E-state index is 12.3. The Morgan fingerprint density at radius 2 is 1.58 bits per heavy atom. The number of carbonyl (C=O) groups excluding carboxylic acids is 1. The van der Waals surface area contributed by atoms with Crippen LogP contribution in [0.2, 0.25) is 0 Å². The zero-order chi connectivity index (χ0) is 23.7. The van der Waals surface area contributed by atoms with Gasteiger partial charge in [-0.25, -0.2) is 19.0 Å². The van der Waals surface area contributed by atoms with E-state index in [1.165, 1.54) is 0 Å². The predicted octanol–water partition coefficient (Wildman–Crippen LogP) is 2.22. The van der Waals surface area contributed by atoms with Crippen molar-refractivity contribution in [2.24, 2.45) is 0 Å². The number of aromatic hydroxyl groups is 1. The van der Waals surface area contributed by atoms with Gasteiger partial charge in [-0.15, -0.1) is 0 Å². The van der Waals surface area contributed by atoms with E-state index >= 15 is 0 Å². The van der Waals surface area contributed by atoms with Crippen LogP contribution in [0.4, 0.5) is 0 Å². The third-order valence-electron chi connectivity index (χ3n) is 4.98. The molecule has 1 heterocycles. The van der Waals surface area contributed by atoms with Gasteiger partial charge < -0.3 is 9.84 Å². The van der Waals surface area contributed by atoms with Gasteiger partial charge in [0.05, 0.1) is 0 Å². The van der Waals surface area contributed by atoms with Crippen molar-refractivity contribution in [3.8, 4) is 5.75 Å². The number of carbonyl (C=O) groups is 1. The summed E-state index contributed by atoms with van der Waals surface area (Å²) in [5, 5.41) is 11.0. The van der Waals surface area contributed by atoms with Crippen LogP contribution in [-0.4, -0.2) is 25.6 Å². The highest BCUT2D eigenvalue weighted by Crippen LogP contribution is 2.38. The normalized spacial score (nSPS) is 13.1. The lowest BCUT2D eigenvalue weighted by Gasteiger charge is -2.28. The number of phenols is 1. The van der Waals surface area contributed by atoms with E-state index < -0.39 is 29.3 Å². The predicted molar refractivity (Wildman–Crippen MR) is 117 cm³/mol. The monoisotopic (exact) mass is 433 g/mol. The van der Waals surface area contributed by atoms with Crippen LogP contribution in [0, 0.1) is 0 Å². The number of benzene rings is 1. The van der Waals surface area contributed by atoms with Crippen LogP contribution in [0.1, 0.15) is 77.8 Å². The fourth-order valence-corrected chi connectivity index (χ4v) is 3.16. The first-order valence-corrected chi connectivity index (χ1v) is 10.2. The Hall–Kier alpha value is -3.10. The summed E-state index contributed by atoms with van der Waals surface area (Å²) in [6, 6.07) is 3.72. The lowest BCUT2D eigenvalue weighted by Crippen LogP contribution is -2.46. The molecule has 2 rings (SSSR count). The summed E-state index contributed by atoms with van der Waals surface area (Å²) in [6.45, 7) is 13.6. The molecule has 0 aliphatic carbocycles. The molecule has 0 bridgehead atoms. The maximum Gasteiger partial charge on any atom is 0.336 e. The number of nitrogens with zero attached hydrogens (tertiary/aromatic N) is 1. The molecular weight excluding hydrogens is 402 g/mol. The topological polar surface area (TPSA) is 134 Å². The Labute approximate surface area is 180 Å². The van der Waals surface area contributed by atoms with E-state index in [-0.39, 0.29) is 29.4 Å². The number of aromatic nitrogens is 3. The van der Waals surface area contributed by atoms with Crippen molar-refractivity contribution in [2.75, 3.05) is 0 Å². The van der Waals surface area contributed by atoms with E-state index in [1.807, 2.05) is 57.6 Å². The first-order valence-electron chi connectivity index (χ1n) is 10.2. The third kappa shape index (κ3) is 5.53. The molecule has 1 unspecified atom stereocenters. The van der Waals surface area contributed by atoms with Gasteiger partial charge in [0, 0.05) is 18.4 Å². The molecule has 0 aliphatic rings. The van der Waals surface area contributed by atoms with Gasteiger partial charge in [0.2, 0.25) is 0 Å². The Morgan fingerprint density at radius 1 is 1.03 bits per heavy atom. The first kappa shape index (κ1) is 24.2. The Kier molecular flexibility index (Phi) is 6.68. The number of rotatable bonds is 5. The minimum atomic E-state index is -1.35. The average molecular weight is 434 g/mol. The third-order valence-corrected chi connectivity index (χ3v) is 4.98. The van der Waals surface area contributed by atoms with Gasteiger partial charge >= 0.3 is 23.0 Å². The molecule has 0 amide bonds. The summed E-state index contributed by atoms with van der Waals surface area (Å²) in [6.07, 6.45) is -1.47. The van der Waals surface area contributed by atoms with Gasteiger partial charge in [0.25, 0.3) is 0 Å². The van der Waals surface area contributed by atoms with E-state index in [4.69, 9.17) is 4.74 Å². The van der Waals surface area contributed by atoms with Gasteiger partial charge in [-0.3, -0.25) is 14.8 Å². The van der Waals surface area contributed by atoms with Crippen LogP contribution < -0.4 is 17.1 Å². The highest BCUT2D eigenvalue weighted by Gasteiger charge is 2.28. The van der Waals surface area contributed by atoms with Gasteiger partial charge in [0.15, 0.2) is 6.23 Å². The van der Waals surface area contributed by atoms with Gasteiger partial charge in [-0.1, -0.05) is 60.6 Å². The number of esters is 1. The summed E-state index contributed by atoms with van der Waals surface area (Å²) < 4.78 is 6.00. The van der Waals surface area contributed by atoms with Crippen molar-refractivity contribution in [1.82, 2.24) is 14.5 Å². The zero-order valence-corrected chi connectivity index (χ0v) is 19.1. The molecule has 31 heavy (non-hydrogen) atoms. The molecule has 0 saturated heterocycles. The summed E-state index contributed by atoms with van der Waals surface area (Å²) in [7, 11) is 0. The molecule has 1 aromatic heterocycles. The van der Waals surface area contributed by atoms with E-state index in [0.29, 0.717) is 15.7 Å². The van der Waals surface area contributed by atoms with Crippen LogP contribution in [0.25, 0.3) is 0 Å². The second kappa shape index (κ2) is 8.56. The number of phenolic OH excluding ortho intramolecular Hbond substituents is 1. The lowest BCUT2D eigenvalue weighted by molar-refractivity contribution is -0.153. The van der Waals surface area contributed by atoms with E-state index in [0.717, 1.165) is 5.56 Å². The zero-order valence-electron chi connectivity index (χ0n) is 19.1. The molecule has 1 atom stereocenters. The Balaban J connectivity index is 2.72. The molecule has 0 saturated carbocycles. The standard InChI is InChI=1S/C22H31N3O6/c1-8-16(26)31-15(25-19(29)23-18(28)24-20(25)30)10-12-9-13(21(2,3)4)11-14(17(12)27)22(5,6)7/h9,11,15,27H,8,10H2,1-7H3,(H2,23,24,28,29,30). The molecule has 1 aromatic carbocycles. The number of aromatic amines is 2. The number of H-pyrrole nitrogens is 2. The van der Waals surface area contributed by atoms with Gasteiger partial charge in [-0.2, -0.15) is 0 Å². The van der Waals surface area contributed by atoms with Crippen molar-refractivity contribution in [1.29, 1.82) is 0 Å². The molecule has 0 aliphatic heterocycles. The summed E-state index contributed by atoms with van der Waals surface area (Å²) in [4.78, 5) is 52.0. The van der Waals surface area contributed by atoms with Crippen molar-refractivity contribution in [3.05, 3.63) is 60.3 Å². The summed E-state index contributed by atoms with van der Waals surface area (Å²) in [5.41, 5.74) is -1.56. The number of hydrogen-bond acceptors (Lipinski definition) is 6. The molecule has 9 nitrogen and oxygen atoms in total. The van der Waals surface area contributed by atoms with Crippen LogP contribution in [0.3, 0.4) is 0 Å². The van der Waals surface area contributed by atoms with Crippen molar-refractivity contribution < 1.29 is 14.6 Å². The average Bonchev–Trinajstić information content (AvgIpc) is 2.60. The van der Waals surface area contributed by atoms with Crippen LogP contribution in [-0.2, 0) is 26.8 Å². The summed E-state index contributed by atoms with van der Waals surface area (Å²) >= 11 is 0.